The molecule has 0 atom stereocenters. The summed E-state index contributed by atoms with van der Waals surface area (Å²) >= 11 is 0. The van der Waals surface area contributed by atoms with E-state index in [4.69, 9.17) is 4.74 Å². The summed E-state index contributed by atoms with van der Waals surface area (Å²) < 4.78 is 5.86. The van der Waals surface area contributed by atoms with Crippen molar-refractivity contribution in [2.24, 2.45) is 0 Å². The first-order valence-electron chi connectivity index (χ1n) is 8.99. The first-order chi connectivity index (χ1) is 12.2. The number of carbonyl (C=O) groups excluding carboxylic acids is 2. The number of carbonyl (C=O) groups is 2. The average Bonchev–Trinajstić information content (AvgIpc) is 2.63. The van der Waals surface area contributed by atoms with Crippen LogP contribution in [-0.4, -0.2) is 30.0 Å². The number of unbranched alkanes of at least 4 members (excludes halogenated alkanes) is 2. The molecule has 25 heavy (non-hydrogen) atoms. The van der Waals surface area contributed by atoms with Crippen LogP contribution < -0.4 is 10.2 Å². The fourth-order valence-electron chi connectivity index (χ4n) is 3.03. The highest BCUT2D eigenvalue weighted by Gasteiger charge is 2.33. The summed E-state index contributed by atoms with van der Waals surface area (Å²) in [6.07, 6.45) is 3.92. The van der Waals surface area contributed by atoms with Crippen LogP contribution in [0.3, 0.4) is 0 Å². The van der Waals surface area contributed by atoms with Crippen LogP contribution in [0.25, 0.3) is 10.8 Å². The molecule has 5 heteroatoms. The van der Waals surface area contributed by atoms with Crippen molar-refractivity contribution in [3.63, 3.8) is 0 Å². The van der Waals surface area contributed by atoms with Crippen molar-refractivity contribution in [3.05, 3.63) is 41.5 Å². The molecule has 2 amide bonds. The van der Waals surface area contributed by atoms with Gasteiger partial charge in [0.05, 0.1) is 17.7 Å². The Labute approximate surface area is 147 Å². The van der Waals surface area contributed by atoms with Gasteiger partial charge in [0.15, 0.2) is 0 Å². The average molecular weight is 340 g/mol. The molecule has 1 aliphatic rings. The van der Waals surface area contributed by atoms with E-state index in [9.17, 15) is 9.59 Å². The fourth-order valence-corrected chi connectivity index (χ4v) is 3.03. The van der Waals surface area contributed by atoms with Crippen molar-refractivity contribution < 1.29 is 14.3 Å². The maximum absolute atomic E-state index is 12.8. The number of hydrazine groups is 1. The number of ether oxygens (including phenoxy) is 1. The molecule has 1 heterocycles. The van der Waals surface area contributed by atoms with E-state index in [1.54, 1.807) is 12.1 Å². The molecule has 0 fully saturated rings. The van der Waals surface area contributed by atoms with Crippen LogP contribution in [0.15, 0.2) is 30.3 Å². The van der Waals surface area contributed by atoms with Gasteiger partial charge in [-0.25, -0.2) is 10.4 Å². The van der Waals surface area contributed by atoms with Crippen LogP contribution in [-0.2, 0) is 0 Å². The minimum atomic E-state index is -0.301. The van der Waals surface area contributed by atoms with Crippen molar-refractivity contribution in [3.8, 4) is 5.75 Å². The van der Waals surface area contributed by atoms with Crippen molar-refractivity contribution in [1.82, 2.24) is 10.4 Å². The van der Waals surface area contributed by atoms with Gasteiger partial charge in [-0.15, -0.1) is 0 Å². The quantitative estimate of drug-likeness (QED) is 0.584. The molecule has 0 aromatic heterocycles. The number of imide groups is 1. The summed E-state index contributed by atoms with van der Waals surface area (Å²) in [4.78, 5) is 25.6. The third-order valence-corrected chi connectivity index (χ3v) is 4.42. The van der Waals surface area contributed by atoms with Gasteiger partial charge in [0.2, 0.25) is 0 Å². The van der Waals surface area contributed by atoms with Crippen LogP contribution >= 0.6 is 0 Å². The van der Waals surface area contributed by atoms with E-state index in [0.717, 1.165) is 41.8 Å². The molecule has 2 aromatic rings. The monoisotopic (exact) mass is 340 g/mol. The largest absolute Gasteiger partial charge is 0.493 e. The van der Waals surface area contributed by atoms with Gasteiger partial charge in [-0.2, -0.15) is 0 Å². The van der Waals surface area contributed by atoms with Gasteiger partial charge in [-0.3, -0.25) is 9.59 Å². The second-order valence-electron chi connectivity index (χ2n) is 6.25. The van der Waals surface area contributed by atoms with Crippen LogP contribution in [0, 0.1) is 0 Å². The highest BCUT2D eigenvalue weighted by Crippen LogP contribution is 2.35. The van der Waals surface area contributed by atoms with Crippen molar-refractivity contribution in [2.75, 3.05) is 13.2 Å². The molecular weight excluding hydrogens is 316 g/mol. The highest BCUT2D eigenvalue weighted by atomic mass is 16.5. The third-order valence-electron chi connectivity index (χ3n) is 4.42. The van der Waals surface area contributed by atoms with Crippen LogP contribution in [0.2, 0.25) is 0 Å². The number of benzene rings is 2. The highest BCUT2D eigenvalue weighted by molar-refractivity contribution is 6.25. The topological polar surface area (TPSA) is 58.6 Å². The zero-order valence-electron chi connectivity index (χ0n) is 14.8. The molecule has 0 saturated carbocycles. The summed E-state index contributed by atoms with van der Waals surface area (Å²) in [6, 6.07) is 9.10. The van der Waals surface area contributed by atoms with E-state index in [1.165, 1.54) is 0 Å². The third kappa shape index (κ3) is 3.24. The Kier molecular flexibility index (Phi) is 5.34. The van der Waals surface area contributed by atoms with Crippen molar-refractivity contribution in [2.45, 2.75) is 39.5 Å². The van der Waals surface area contributed by atoms with Crippen LogP contribution in [0.5, 0.6) is 5.75 Å². The standard InChI is InChI=1S/C20H24N2O3/c1-3-5-12-21-22-19(23)15-9-7-8-14-17(25-13-6-4-2)11-10-16(18(14)15)20(22)24/h7-11,21H,3-6,12-13H2,1-2H3. The predicted molar refractivity (Wildman–Crippen MR) is 97.8 cm³/mol. The van der Waals surface area contributed by atoms with Gasteiger partial charge in [-0.1, -0.05) is 38.8 Å². The number of amides is 2. The Bertz CT molecular complexity index is 779. The smallest absolute Gasteiger partial charge is 0.275 e. The molecule has 0 radical (unpaired) electrons. The van der Waals surface area contributed by atoms with E-state index < -0.39 is 0 Å². The molecule has 3 rings (SSSR count). The molecule has 1 aliphatic heterocycles. The molecule has 5 nitrogen and oxygen atoms in total. The molecule has 0 unspecified atom stereocenters. The first kappa shape index (κ1) is 17.4. The second-order valence-corrected chi connectivity index (χ2v) is 6.25. The van der Waals surface area contributed by atoms with Crippen LogP contribution in [0.1, 0.15) is 60.2 Å². The van der Waals surface area contributed by atoms with Gasteiger partial charge in [0, 0.05) is 17.3 Å². The lowest BCUT2D eigenvalue weighted by Gasteiger charge is -2.28. The van der Waals surface area contributed by atoms with E-state index in [1.807, 2.05) is 18.2 Å². The van der Waals surface area contributed by atoms with Gasteiger partial charge < -0.3 is 4.74 Å². The molecule has 0 saturated heterocycles. The number of nitrogens with zero attached hydrogens (tertiary/aromatic N) is 1. The van der Waals surface area contributed by atoms with Gasteiger partial charge in [0.1, 0.15) is 5.75 Å². The maximum Gasteiger partial charge on any atom is 0.275 e. The van der Waals surface area contributed by atoms with Crippen molar-refractivity contribution >= 4 is 22.6 Å². The fraction of sp³-hybridized carbons (Fsp3) is 0.400. The SMILES string of the molecule is CCCCNN1C(=O)c2cccc3c(OCCCC)ccc(c23)C1=O. The zero-order valence-corrected chi connectivity index (χ0v) is 14.8. The van der Waals surface area contributed by atoms with Gasteiger partial charge in [0.25, 0.3) is 11.8 Å². The number of nitrogens with one attached hydrogen (secondary N) is 1. The summed E-state index contributed by atoms with van der Waals surface area (Å²) in [5.41, 5.74) is 4.04. The molecular formula is C20H24N2O3. The van der Waals surface area contributed by atoms with E-state index >= 15 is 0 Å². The minimum absolute atomic E-state index is 0.301. The van der Waals surface area contributed by atoms with E-state index in [2.05, 4.69) is 19.3 Å². The zero-order chi connectivity index (χ0) is 17.8. The van der Waals surface area contributed by atoms with Crippen molar-refractivity contribution in [1.29, 1.82) is 0 Å². The molecule has 1 N–H and O–H groups in total. The van der Waals surface area contributed by atoms with Gasteiger partial charge >= 0.3 is 0 Å². The lowest BCUT2D eigenvalue weighted by atomic mass is 9.94. The Morgan fingerprint density at radius 1 is 0.960 bits per heavy atom. The van der Waals surface area contributed by atoms with Crippen LogP contribution in [0.4, 0.5) is 0 Å². The minimum Gasteiger partial charge on any atom is -0.493 e. The lowest BCUT2D eigenvalue weighted by Crippen LogP contribution is -2.49. The van der Waals surface area contributed by atoms with E-state index in [0.29, 0.717) is 29.7 Å². The number of hydrogen-bond donors (Lipinski definition) is 1. The van der Waals surface area contributed by atoms with E-state index in [-0.39, 0.29) is 11.8 Å². The number of hydrogen-bond acceptors (Lipinski definition) is 4. The summed E-state index contributed by atoms with van der Waals surface area (Å²) in [7, 11) is 0. The first-order valence-corrected chi connectivity index (χ1v) is 8.99. The number of rotatable bonds is 8. The van der Waals surface area contributed by atoms with Gasteiger partial charge in [-0.05, 0) is 31.0 Å². The maximum atomic E-state index is 12.8. The Morgan fingerprint density at radius 3 is 2.40 bits per heavy atom. The summed E-state index contributed by atoms with van der Waals surface area (Å²) in [5.74, 6) is 0.122. The normalized spacial score (nSPS) is 13.6. The Hall–Kier alpha value is -2.40. The Balaban J connectivity index is 2.00. The Morgan fingerprint density at radius 2 is 1.68 bits per heavy atom. The molecule has 132 valence electrons. The molecule has 0 aliphatic carbocycles. The summed E-state index contributed by atoms with van der Waals surface area (Å²) in [5, 5.41) is 2.66. The summed E-state index contributed by atoms with van der Waals surface area (Å²) in [6.45, 7) is 5.40. The molecule has 0 spiro atoms. The molecule has 0 bridgehead atoms. The lowest BCUT2D eigenvalue weighted by molar-refractivity contribution is 0.0520. The second kappa shape index (κ2) is 7.66. The molecule has 2 aromatic carbocycles. The predicted octanol–water partition coefficient (Wildman–Crippen LogP) is 3.92.